The minimum atomic E-state index is 0.348. The average Bonchev–Trinajstić information content (AvgIpc) is 2.36. The maximum Gasteiger partial charge on any atom is 0.136 e. The molecule has 0 amide bonds. The number of aryl methyl sites for hydroxylation is 1. The molecule has 0 aliphatic carbocycles. The second-order valence-corrected chi connectivity index (χ2v) is 4.61. The van der Waals surface area contributed by atoms with Crippen LogP contribution in [0.25, 0.3) is 0 Å². The van der Waals surface area contributed by atoms with Crippen molar-refractivity contribution < 1.29 is 4.79 Å². The summed E-state index contributed by atoms with van der Waals surface area (Å²) in [5.41, 5.74) is 0. The normalized spacial score (nSPS) is 15.9. The van der Waals surface area contributed by atoms with Crippen molar-refractivity contribution in [2.75, 3.05) is 29.9 Å². The molecule has 98 valence electrons. The Morgan fingerprint density at radius 2 is 2.06 bits per heavy atom. The number of hydrogen-bond donors (Lipinski definition) is 1. The zero-order chi connectivity index (χ0) is 13.0. The highest BCUT2D eigenvalue weighted by Gasteiger charge is 2.18. The zero-order valence-corrected chi connectivity index (χ0v) is 11.1. The first kappa shape index (κ1) is 12.8. The third-order valence-corrected chi connectivity index (χ3v) is 3.03. The first-order valence-corrected chi connectivity index (χ1v) is 6.55. The Balaban J connectivity index is 2.11. The highest BCUT2D eigenvalue weighted by Crippen LogP contribution is 2.19. The fraction of sp³-hybridized carbons (Fsp3) is 0.615. The maximum atomic E-state index is 11.2. The van der Waals surface area contributed by atoms with Crippen LogP contribution in [-0.4, -0.2) is 35.4 Å². The summed E-state index contributed by atoms with van der Waals surface area (Å²) in [6, 6.07) is 1.97. The van der Waals surface area contributed by atoms with Gasteiger partial charge in [0.1, 0.15) is 23.2 Å². The Labute approximate surface area is 108 Å². The molecule has 1 aromatic heterocycles. The first-order chi connectivity index (χ1) is 8.69. The highest BCUT2D eigenvalue weighted by atomic mass is 16.1. The molecule has 1 fully saturated rings. The van der Waals surface area contributed by atoms with Gasteiger partial charge in [-0.15, -0.1) is 0 Å². The van der Waals surface area contributed by atoms with Crippen molar-refractivity contribution in [3.63, 3.8) is 0 Å². The van der Waals surface area contributed by atoms with E-state index in [9.17, 15) is 4.79 Å². The minimum absolute atomic E-state index is 0.348. The quantitative estimate of drug-likeness (QED) is 0.880. The molecule has 18 heavy (non-hydrogen) atoms. The lowest BCUT2D eigenvalue weighted by atomic mass is 10.1. The van der Waals surface area contributed by atoms with Gasteiger partial charge >= 0.3 is 0 Å². The van der Waals surface area contributed by atoms with Gasteiger partial charge in [0, 0.05) is 38.5 Å². The monoisotopic (exact) mass is 248 g/mol. The van der Waals surface area contributed by atoms with Crippen LogP contribution in [0.5, 0.6) is 0 Å². The number of rotatable bonds is 4. The van der Waals surface area contributed by atoms with E-state index in [1.54, 1.807) is 0 Å². The van der Waals surface area contributed by atoms with E-state index < -0.39 is 0 Å². The third-order valence-electron chi connectivity index (χ3n) is 3.03. The average molecular weight is 248 g/mol. The predicted molar refractivity (Wildman–Crippen MR) is 72.0 cm³/mol. The van der Waals surface area contributed by atoms with Crippen LogP contribution in [0.2, 0.25) is 0 Å². The molecule has 0 atom stereocenters. The molecule has 0 bridgehead atoms. The van der Waals surface area contributed by atoms with Gasteiger partial charge < -0.3 is 10.2 Å². The Hall–Kier alpha value is -1.65. The van der Waals surface area contributed by atoms with E-state index in [0.717, 1.165) is 43.5 Å². The van der Waals surface area contributed by atoms with Gasteiger partial charge in [-0.05, 0) is 13.3 Å². The van der Waals surface area contributed by atoms with Crippen molar-refractivity contribution in [1.82, 2.24) is 9.97 Å². The van der Waals surface area contributed by atoms with Crippen LogP contribution in [0.1, 0.15) is 32.0 Å². The maximum absolute atomic E-state index is 11.2. The molecule has 1 saturated heterocycles. The molecule has 5 nitrogen and oxygen atoms in total. The molecule has 0 spiro atoms. The van der Waals surface area contributed by atoms with E-state index in [1.807, 2.05) is 13.0 Å². The lowest BCUT2D eigenvalue weighted by molar-refractivity contribution is -0.119. The standard InChI is InChI=1S/C13H20N4O/c1-3-6-14-12-9-13(16-10(2)15-12)17-7-4-11(18)5-8-17/h9H,3-8H2,1-2H3,(H,14,15,16). The number of nitrogens with zero attached hydrogens (tertiary/aromatic N) is 3. The first-order valence-electron chi connectivity index (χ1n) is 6.55. The largest absolute Gasteiger partial charge is 0.370 e. The van der Waals surface area contributed by atoms with Crippen molar-refractivity contribution in [1.29, 1.82) is 0 Å². The van der Waals surface area contributed by atoms with Crippen molar-refractivity contribution in [3.8, 4) is 0 Å². The van der Waals surface area contributed by atoms with Crippen LogP contribution in [0.3, 0.4) is 0 Å². The van der Waals surface area contributed by atoms with Crippen molar-refractivity contribution in [3.05, 3.63) is 11.9 Å². The molecule has 1 aliphatic heterocycles. The summed E-state index contributed by atoms with van der Waals surface area (Å²) in [7, 11) is 0. The highest BCUT2D eigenvalue weighted by molar-refractivity contribution is 5.80. The molecule has 5 heteroatoms. The van der Waals surface area contributed by atoms with E-state index >= 15 is 0 Å². The number of anilines is 2. The van der Waals surface area contributed by atoms with Gasteiger partial charge in [0.25, 0.3) is 0 Å². The van der Waals surface area contributed by atoms with Gasteiger partial charge in [-0.1, -0.05) is 6.92 Å². The van der Waals surface area contributed by atoms with Gasteiger partial charge in [0.15, 0.2) is 0 Å². The number of hydrogen-bond acceptors (Lipinski definition) is 5. The number of Topliss-reactive ketones (excluding diaryl/α,β-unsaturated/α-hetero) is 1. The predicted octanol–water partition coefficient (Wildman–Crippen LogP) is 1.78. The van der Waals surface area contributed by atoms with Crippen LogP contribution in [0, 0.1) is 6.92 Å². The third kappa shape index (κ3) is 3.18. The fourth-order valence-corrected chi connectivity index (χ4v) is 2.04. The van der Waals surface area contributed by atoms with Crippen molar-refractivity contribution in [2.24, 2.45) is 0 Å². The molecule has 1 aromatic rings. The summed E-state index contributed by atoms with van der Waals surface area (Å²) in [4.78, 5) is 22.2. The minimum Gasteiger partial charge on any atom is -0.370 e. The number of aromatic nitrogens is 2. The molecule has 1 N–H and O–H groups in total. The van der Waals surface area contributed by atoms with Crippen LogP contribution < -0.4 is 10.2 Å². The summed E-state index contributed by atoms with van der Waals surface area (Å²) in [6.07, 6.45) is 2.32. The molecular weight excluding hydrogens is 228 g/mol. The van der Waals surface area contributed by atoms with E-state index in [2.05, 4.69) is 27.1 Å². The van der Waals surface area contributed by atoms with Crippen molar-refractivity contribution >= 4 is 17.4 Å². The van der Waals surface area contributed by atoms with Crippen LogP contribution >= 0.6 is 0 Å². The summed E-state index contributed by atoms with van der Waals surface area (Å²) in [5.74, 6) is 2.91. The molecule has 0 unspecified atom stereocenters. The van der Waals surface area contributed by atoms with Gasteiger partial charge in [-0.25, -0.2) is 9.97 Å². The number of carbonyl (C=O) groups excluding carboxylic acids is 1. The van der Waals surface area contributed by atoms with Gasteiger partial charge in [-0.3, -0.25) is 4.79 Å². The van der Waals surface area contributed by atoms with Crippen molar-refractivity contribution in [2.45, 2.75) is 33.1 Å². The lowest BCUT2D eigenvalue weighted by Gasteiger charge is -2.27. The topological polar surface area (TPSA) is 58.1 Å². The molecular formula is C13H20N4O. The number of carbonyl (C=O) groups is 1. The number of piperidine rings is 1. The molecule has 0 radical (unpaired) electrons. The SMILES string of the molecule is CCCNc1cc(N2CCC(=O)CC2)nc(C)n1. The zero-order valence-electron chi connectivity index (χ0n) is 11.1. The summed E-state index contributed by atoms with van der Waals surface area (Å²) >= 11 is 0. The summed E-state index contributed by atoms with van der Waals surface area (Å²) in [5, 5.41) is 3.28. The second kappa shape index (κ2) is 5.80. The Morgan fingerprint density at radius 1 is 1.33 bits per heavy atom. The molecule has 2 rings (SSSR count). The smallest absolute Gasteiger partial charge is 0.136 e. The summed E-state index contributed by atoms with van der Waals surface area (Å²) in [6.45, 7) is 6.47. The van der Waals surface area contributed by atoms with Crippen LogP contribution in [-0.2, 0) is 4.79 Å². The fourth-order valence-electron chi connectivity index (χ4n) is 2.04. The second-order valence-electron chi connectivity index (χ2n) is 4.61. The lowest BCUT2D eigenvalue weighted by Crippen LogP contribution is -2.34. The molecule has 0 aromatic carbocycles. The van der Waals surface area contributed by atoms with E-state index in [-0.39, 0.29) is 0 Å². The number of nitrogens with one attached hydrogen (secondary N) is 1. The van der Waals surface area contributed by atoms with Gasteiger partial charge in [0.2, 0.25) is 0 Å². The van der Waals surface area contributed by atoms with Crippen LogP contribution in [0.15, 0.2) is 6.07 Å². The molecule has 2 heterocycles. The Bertz CT molecular complexity index is 423. The van der Waals surface area contributed by atoms with Gasteiger partial charge in [-0.2, -0.15) is 0 Å². The molecule has 0 saturated carbocycles. The van der Waals surface area contributed by atoms with E-state index in [0.29, 0.717) is 18.6 Å². The summed E-state index contributed by atoms with van der Waals surface area (Å²) < 4.78 is 0. The Kier molecular flexibility index (Phi) is 4.12. The Morgan fingerprint density at radius 3 is 2.72 bits per heavy atom. The van der Waals surface area contributed by atoms with E-state index in [4.69, 9.17) is 0 Å². The van der Waals surface area contributed by atoms with Gasteiger partial charge in [0.05, 0.1) is 0 Å². The van der Waals surface area contributed by atoms with E-state index in [1.165, 1.54) is 0 Å². The number of ketones is 1. The molecule has 1 aliphatic rings. The van der Waals surface area contributed by atoms with Crippen LogP contribution in [0.4, 0.5) is 11.6 Å².